The first-order chi connectivity index (χ1) is 28.3. The Labute approximate surface area is 358 Å². The van der Waals surface area contributed by atoms with Gasteiger partial charge < -0.3 is 9.47 Å². The van der Waals surface area contributed by atoms with E-state index >= 15 is 0 Å². The van der Waals surface area contributed by atoms with Gasteiger partial charge >= 0.3 is 0 Å². The van der Waals surface area contributed by atoms with Crippen molar-refractivity contribution in [2.24, 2.45) is 0 Å². The van der Waals surface area contributed by atoms with Crippen molar-refractivity contribution in [2.45, 2.75) is 258 Å². The summed E-state index contributed by atoms with van der Waals surface area (Å²) in [6.07, 6.45) is 49.5. The first-order valence-electron chi connectivity index (χ1n) is 25.1. The highest BCUT2D eigenvalue weighted by atomic mass is 16.5. The van der Waals surface area contributed by atoms with E-state index in [1.54, 1.807) is 0 Å². The highest BCUT2D eigenvalue weighted by Crippen LogP contribution is 2.13. The summed E-state index contributed by atoms with van der Waals surface area (Å²) in [6, 6.07) is 0. The number of hydrogen-bond donors (Lipinski definition) is 0. The van der Waals surface area contributed by atoms with Gasteiger partial charge in [0.15, 0.2) is 0 Å². The molecule has 0 aliphatic heterocycles. The molecule has 0 rings (SSSR count). The first-order valence-corrected chi connectivity index (χ1v) is 25.1. The molecule has 0 heterocycles. The van der Waals surface area contributed by atoms with Crippen molar-refractivity contribution in [3.05, 3.63) is 0 Å². The lowest BCUT2D eigenvalue weighted by molar-refractivity contribution is 0.0218. The summed E-state index contributed by atoms with van der Waals surface area (Å²) >= 11 is 0. The van der Waals surface area contributed by atoms with Crippen LogP contribution in [0.4, 0.5) is 0 Å². The predicted octanol–water partition coefficient (Wildman–Crippen LogP) is 15.8. The van der Waals surface area contributed by atoms with E-state index in [-0.39, 0.29) is 0 Å². The highest BCUT2D eigenvalue weighted by molar-refractivity contribution is 5.26. The molecule has 0 bridgehead atoms. The van der Waals surface area contributed by atoms with Gasteiger partial charge in [-0.15, -0.1) is 0 Å². The van der Waals surface area contributed by atoms with Crippen LogP contribution in [0, 0.1) is 47.4 Å². The van der Waals surface area contributed by atoms with Gasteiger partial charge in [0, 0.05) is 45.4 Å². The smallest absolute Gasteiger partial charge is 0.0988 e. The minimum Gasteiger partial charge on any atom is -0.380 e. The molecular formula is C54H95NO2. The highest BCUT2D eigenvalue weighted by Gasteiger charge is 2.00. The number of rotatable bonds is 43. The normalized spacial score (nSPS) is 10.7. The fourth-order valence-corrected chi connectivity index (χ4v) is 7.04. The van der Waals surface area contributed by atoms with Crippen LogP contribution in [-0.4, -0.2) is 45.0 Å². The topological polar surface area (TPSA) is 21.7 Å². The van der Waals surface area contributed by atoms with Crippen LogP contribution in [0.25, 0.3) is 0 Å². The molecule has 0 aliphatic carbocycles. The zero-order valence-electron chi connectivity index (χ0n) is 38.7. The summed E-state index contributed by atoms with van der Waals surface area (Å²) < 4.78 is 11.7. The molecule has 57 heavy (non-hydrogen) atoms. The molecular weight excluding hydrogens is 695 g/mol. The second-order valence-corrected chi connectivity index (χ2v) is 16.8. The minimum absolute atomic E-state index is 0.695. The van der Waals surface area contributed by atoms with Crippen LogP contribution in [0.1, 0.15) is 258 Å². The van der Waals surface area contributed by atoms with Crippen LogP contribution in [0.5, 0.6) is 0 Å². The Morgan fingerprint density at radius 1 is 0.298 bits per heavy atom. The Morgan fingerprint density at radius 3 is 0.877 bits per heavy atom. The van der Waals surface area contributed by atoms with Crippen molar-refractivity contribution in [3.63, 3.8) is 0 Å². The standard InChI is InChI=1S/C54H95NO2/c1-4-6-8-10-12-14-16-18-20-22-24-26-28-30-32-34-36-38-40-42-44-46-48-51-56-53-50-55(3)54-57-52-49-47-45-43-41-39-37-35-33-31-29-27-25-23-21-19-17-15-13-11-9-7-5-2/h4-27,36-54H2,1-3H3. The van der Waals surface area contributed by atoms with Crippen molar-refractivity contribution in [1.82, 2.24) is 4.90 Å². The van der Waals surface area contributed by atoms with Crippen LogP contribution in [0.15, 0.2) is 0 Å². The van der Waals surface area contributed by atoms with Gasteiger partial charge in [-0.3, -0.25) is 4.90 Å². The van der Waals surface area contributed by atoms with Gasteiger partial charge in [-0.1, -0.05) is 217 Å². The van der Waals surface area contributed by atoms with E-state index < -0.39 is 0 Å². The second-order valence-electron chi connectivity index (χ2n) is 16.8. The van der Waals surface area contributed by atoms with Crippen LogP contribution < -0.4 is 0 Å². The van der Waals surface area contributed by atoms with Crippen molar-refractivity contribution >= 4 is 0 Å². The molecule has 0 aliphatic rings. The third-order valence-electron chi connectivity index (χ3n) is 10.9. The Morgan fingerprint density at radius 2 is 0.561 bits per heavy atom. The van der Waals surface area contributed by atoms with Crippen molar-refractivity contribution in [2.75, 3.05) is 40.1 Å². The first kappa shape index (κ1) is 55.1. The van der Waals surface area contributed by atoms with Crippen molar-refractivity contribution < 1.29 is 9.47 Å². The molecule has 0 unspecified atom stereocenters. The molecule has 0 aromatic rings. The van der Waals surface area contributed by atoms with Crippen LogP contribution in [-0.2, 0) is 9.47 Å². The van der Waals surface area contributed by atoms with E-state index in [0.29, 0.717) is 6.73 Å². The van der Waals surface area contributed by atoms with Gasteiger partial charge in [0.25, 0.3) is 0 Å². The maximum absolute atomic E-state index is 5.88. The SMILES string of the molecule is CCCCCCCCCCCCCC#CC#CCCCCCCCCOCCN(C)COCCCCCCCCC#CC#CCCCCCCCCCCCCC. The average Bonchev–Trinajstić information content (AvgIpc) is 3.22. The molecule has 0 aromatic carbocycles. The van der Waals surface area contributed by atoms with Crippen LogP contribution in [0.3, 0.4) is 0 Å². The second kappa shape index (κ2) is 52.1. The molecule has 0 saturated carbocycles. The van der Waals surface area contributed by atoms with E-state index in [2.05, 4.69) is 73.2 Å². The third kappa shape index (κ3) is 52.1. The minimum atomic E-state index is 0.695. The summed E-state index contributed by atoms with van der Waals surface area (Å²) in [4.78, 5) is 2.22. The van der Waals surface area contributed by atoms with Crippen molar-refractivity contribution in [3.8, 4) is 47.4 Å². The van der Waals surface area contributed by atoms with E-state index in [1.807, 2.05) is 0 Å². The lowest BCUT2D eigenvalue weighted by Gasteiger charge is -2.16. The molecule has 3 heteroatoms. The fraction of sp³-hybridized carbons (Fsp3) is 0.852. The molecule has 328 valence electrons. The van der Waals surface area contributed by atoms with Crippen LogP contribution in [0.2, 0.25) is 0 Å². The molecule has 0 atom stereocenters. The Kier molecular flexibility index (Phi) is 50.4. The molecule has 3 nitrogen and oxygen atoms in total. The molecule has 0 fully saturated rings. The number of nitrogens with zero attached hydrogens (tertiary/aromatic N) is 1. The maximum Gasteiger partial charge on any atom is 0.0988 e. The Hall–Kier alpha value is -1.88. The maximum atomic E-state index is 5.88. The lowest BCUT2D eigenvalue weighted by atomic mass is 10.1. The van der Waals surface area contributed by atoms with Crippen LogP contribution >= 0.6 is 0 Å². The molecule has 0 amide bonds. The third-order valence-corrected chi connectivity index (χ3v) is 10.9. The van der Waals surface area contributed by atoms with Gasteiger partial charge in [0.05, 0.1) is 13.3 Å². The van der Waals surface area contributed by atoms with E-state index in [0.717, 1.165) is 64.9 Å². The molecule has 0 saturated heterocycles. The molecule has 0 spiro atoms. The fourth-order valence-electron chi connectivity index (χ4n) is 7.04. The number of unbranched alkanes of at least 4 members (excludes halogenated alkanes) is 34. The van der Waals surface area contributed by atoms with E-state index in [1.165, 1.54) is 205 Å². The van der Waals surface area contributed by atoms with Gasteiger partial charge in [0.2, 0.25) is 0 Å². The number of likely N-dealkylation sites (N-methyl/N-ethyl adjacent to an activating group) is 1. The number of ether oxygens (including phenoxy) is 2. The molecule has 0 radical (unpaired) electrons. The van der Waals surface area contributed by atoms with Gasteiger partial charge in [-0.25, -0.2) is 0 Å². The summed E-state index contributed by atoms with van der Waals surface area (Å²) in [5.41, 5.74) is 0. The summed E-state index contributed by atoms with van der Waals surface area (Å²) in [5, 5.41) is 0. The monoisotopic (exact) mass is 790 g/mol. The Bertz CT molecular complexity index is 1040. The van der Waals surface area contributed by atoms with Crippen molar-refractivity contribution in [1.29, 1.82) is 0 Å². The van der Waals surface area contributed by atoms with Gasteiger partial charge in [0.1, 0.15) is 0 Å². The summed E-state index contributed by atoms with van der Waals surface area (Å²) in [7, 11) is 2.12. The van der Waals surface area contributed by atoms with Gasteiger partial charge in [-0.2, -0.15) is 0 Å². The largest absolute Gasteiger partial charge is 0.380 e. The quantitative estimate of drug-likeness (QED) is 0.0349. The van der Waals surface area contributed by atoms with E-state index in [9.17, 15) is 0 Å². The molecule has 0 N–H and O–H groups in total. The average molecular weight is 790 g/mol. The predicted molar refractivity (Wildman–Crippen MR) is 252 cm³/mol. The zero-order chi connectivity index (χ0) is 41.1. The summed E-state index contributed by atoms with van der Waals surface area (Å²) in [5.74, 6) is 25.2. The summed E-state index contributed by atoms with van der Waals surface area (Å²) in [6.45, 7) is 8.72. The Balaban J connectivity index is 3.32. The molecule has 0 aromatic heterocycles. The number of hydrogen-bond acceptors (Lipinski definition) is 3. The lowest BCUT2D eigenvalue weighted by Crippen LogP contribution is -2.26. The zero-order valence-corrected chi connectivity index (χ0v) is 38.7. The van der Waals surface area contributed by atoms with Gasteiger partial charge in [-0.05, 0) is 69.3 Å². The van der Waals surface area contributed by atoms with E-state index in [4.69, 9.17) is 9.47 Å².